The van der Waals surface area contributed by atoms with Crippen LogP contribution in [-0.2, 0) is 9.47 Å². The molecule has 1 fully saturated rings. The van der Waals surface area contributed by atoms with Crippen molar-refractivity contribution in [1.29, 1.82) is 10.7 Å². The molecule has 0 radical (unpaired) electrons. The molecule has 2 atom stereocenters. The standard InChI is InChI=1S/C12H11ClN2O2/c1-2-16-11(15)12(7-14)10(17-12)8-3-5-9(13)6-4-8/h3-6,10,15H,2H2,1H3/t10-,12+/m1/s1. The van der Waals surface area contributed by atoms with Crippen LogP contribution in [0.1, 0.15) is 18.6 Å². The van der Waals surface area contributed by atoms with Gasteiger partial charge in [-0.05, 0) is 24.6 Å². The zero-order chi connectivity index (χ0) is 12.5. The van der Waals surface area contributed by atoms with E-state index in [0.29, 0.717) is 11.6 Å². The van der Waals surface area contributed by atoms with Crippen molar-refractivity contribution < 1.29 is 9.47 Å². The first-order valence-corrected chi connectivity index (χ1v) is 5.58. The molecule has 1 heterocycles. The van der Waals surface area contributed by atoms with Crippen LogP contribution in [0.25, 0.3) is 0 Å². The van der Waals surface area contributed by atoms with Gasteiger partial charge in [0.15, 0.2) is 0 Å². The minimum atomic E-state index is -1.26. The maximum absolute atomic E-state index is 9.12. The highest BCUT2D eigenvalue weighted by atomic mass is 35.5. The molecule has 1 aliphatic heterocycles. The third-order valence-corrected chi connectivity index (χ3v) is 2.83. The highest BCUT2D eigenvalue weighted by Gasteiger charge is 2.63. The smallest absolute Gasteiger partial charge is 0.260 e. The summed E-state index contributed by atoms with van der Waals surface area (Å²) in [6.07, 6.45) is -0.441. The lowest BCUT2D eigenvalue weighted by atomic mass is 10.0. The van der Waals surface area contributed by atoms with Gasteiger partial charge in [-0.3, -0.25) is 5.41 Å². The second kappa shape index (κ2) is 4.36. The molecule has 4 nitrogen and oxygen atoms in total. The molecule has 2 rings (SSSR count). The van der Waals surface area contributed by atoms with Gasteiger partial charge in [0.25, 0.3) is 5.60 Å². The van der Waals surface area contributed by atoms with Gasteiger partial charge in [0.1, 0.15) is 12.2 Å². The summed E-state index contributed by atoms with van der Waals surface area (Å²) in [4.78, 5) is 0. The average molecular weight is 251 g/mol. The highest BCUT2D eigenvalue weighted by Crippen LogP contribution is 2.50. The van der Waals surface area contributed by atoms with Crippen LogP contribution < -0.4 is 0 Å². The molecule has 17 heavy (non-hydrogen) atoms. The molecule has 88 valence electrons. The summed E-state index contributed by atoms with van der Waals surface area (Å²) < 4.78 is 10.4. The molecule has 1 N–H and O–H groups in total. The zero-order valence-electron chi connectivity index (χ0n) is 9.24. The summed E-state index contributed by atoms with van der Waals surface area (Å²) in [5.74, 6) is -0.137. The predicted molar refractivity (Wildman–Crippen MR) is 63.0 cm³/mol. The molecule has 0 unspecified atom stereocenters. The van der Waals surface area contributed by atoms with E-state index in [0.717, 1.165) is 5.56 Å². The minimum Gasteiger partial charge on any atom is -0.478 e. The fraction of sp³-hybridized carbons (Fsp3) is 0.333. The Bertz CT molecular complexity index is 480. The van der Waals surface area contributed by atoms with Gasteiger partial charge in [-0.1, -0.05) is 23.7 Å². The molecule has 1 aromatic carbocycles. The van der Waals surface area contributed by atoms with E-state index in [2.05, 4.69) is 0 Å². The first-order valence-electron chi connectivity index (χ1n) is 5.20. The molecule has 0 bridgehead atoms. The first kappa shape index (κ1) is 11.9. The highest BCUT2D eigenvalue weighted by molar-refractivity contribution is 6.30. The van der Waals surface area contributed by atoms with Crippen LogP contribution in [0.15, 0.2) is 24.3 Å². The number of epoxide rings is 1. The summed E-state index contributed by atoms with van der Waals surface area (Å²) in [6.45, 7) is 2.11. The van der Waals surface area contributed by atoms with Crippen molar-refractivity contribution in [3.05, 3.63) is 34.9 Å². The molecule has 0 saturated carbocycles. The van der Waals surface area contributed by atoms with Gasteiger partial charge < -0.3 is 9.47 Å². The van der Waals surface area contributed by atoms with E-state index in [9.17, 15) is 0 Å². The molecule has 0 aromatic heterocycles. The number of nitrogens with zero attached hydrogens (tertiary/aromatic N) is 1. The quantitative estimate of drug-likeness (QED) is 0.509. The fourth-order valence-electron chi connectivity index (χ4n) is 1.65. The van der Waals surface area contributed by atoms with Crippen LogP contribution in [0.4, 0.5) is 0 Å². The monoisotopic (exact) mass is 250 g/mol. The second-order valence-electron chi connectivity index (χ2n) is 3.66. The van der Waals surface area contributed by atoms with Crippen LogP contribution in [0.2, 0.25) is 5.02 Å². The number of hydrogen-bond donors (Lipinski definition) is 1. The molecule has 0 aliphatic carbocycles. The summed E-state index contributed by atoms with van der Waals surface area (Å²) in [6, 6.07) is 9.02. The molecular formula is C12H11ClN2O2. The van der Waals surface area contributed by atoms with Crippen molar-refractivity contribution in [2.24, 2.45) is 0 Å². The topological polar surface area (TPSA) is 69.4 Å². The number of benzene rings is 1. The van der Waals surface area contributed by atoms with Crippen molar-refractivity contribution in [1.82, 2.24) is 0 Å². The van der Waals surface area contributed by atoms with Crippen molar-refractivity contribution in [2.75, 3.05) is 6.61 Å². The molecule has 1 aromatic rings. The van der Waals surface area contributed by atoms with E-state index in [1.807, 2.05) is 6.07 Å². The van der Waals surface area contributed by atoms with Crippen molar-refractivity contribution >= 4 is 17.5 Å². The SMILES string of the molecule is CCOC(=N)[C@@]1(C#N)O[C@@H]1c1ccc(Cl)cc1. The van der Waals surface area contributed by atoms with Gasteiger partial charge in [-0.2, -0.15) is 5.26 Å². The van der Waals surface area contributed by atoms with Gasteiger partial charge in [-0.15, -0.1) is 0 Å². The predicted octanol–water partition coefficient (Wildman–Crippen LogP) is 2.69. The Labute approximate surface area is 104 Å². The van der Waals surface area contributed by atoms with E-state index in [-0.39, 0.29) is 5.90 Å². The first-order chi connectivity index (χ1) is 8.14. The lowest BCUT2D eigenvalue weighted by molar-refractivity contribution is 0.279. The van der Waals surface area contributed by atoms with Crippen LogP contribution in [0, 0.1) is 16.7 Å². The Morgan fingerprint density at radius 2 is 2.24 bits per heavy atom. The van der Waals surface area contributed by atoms with E-state index in [4.69, 9.17) is 31.7 Å². The number of rotatable bonds is 3. The lowest BCUT2D eigenvalue weighted by Crippen LogP contribution is -2.25. The largest absolute Gasteiger partial charge is 0.478 e. The summed E-state index contributed by atoms with van der Waals surface area (Å²) in [7, 11) is 0. The molecule has 5 heteroatoms. The number of nitrogens with one attached hydrogen (secondary N) is 1. The van der Waals surface area contributed by atoms with E-state index in [1.165, 1.54) is 0 Å². The zero-order valence-corrected chi connectivity index (χ0v) is 9.99. The van der Waals surface area contributed by atoms with Crippen LogP contribution in [0.5, 0.6) is 0 Å². The van der Waals surface area contributed by atoms with Gasteiger partial charge in [-0.25, -0.2) is 0 Å². The fourth-order valence-corrected chi connectivity index (χ4v) is 1.78. The van der Waals surface area contributed by atoms with Crippen LogP contribution in [0.3, 0.4) is 0 Å². The molecule has 1 aliphatic rings. The third kappa shape index (κ3) is 1.99. The van der Waals surface area contributed by atoms with E-state index < -0.39 is 11.7 Å². The van der Waals surface area contributed by atoms with Gasteiger partial charge in [0.2, 0.25) is 5.90 Å². The van der Waals surface area contributed by atoms with Crippen molar-refractivity contribution in [3.8, 4) is 6.07 Å². The maximum atomic E-state index is 9.12. The van der Waals surface area contributed by atoms with Crippen LogP contribution in [-0.4, -0.2) is 18.1 Å². The van der Waals surface area contributed by atoms with E-state index in [1.54, 1.807) is 31.2 Å². The summed E-state index contributed by atoms with van der Waals surface area (Å²) in [5, 5.41) is 17.4. The summed E-state index contributed by atoms with van der Waals surface area (Å²) >= 11 is 5.78. The van der Waals surface area contributed by atoms with Crippen molar-refractivity contribution in [3.63, 3.8) is 0 Å². The summed E-state index contributed by atoms with van der Waals surface area (Å²) in [5.41, 5.74) is -0.440. The Kier molecular flexibility index (Phi) is 3.05. The lowest BCUT2D eigenvalue weighted by Gasteiger charge is -2.06. The average Bonchev–Trinajstić information content (AvgIpc) is 3.06. The number of nitriles is 1. The Morgan fingerprint density at radius 1 is 1.59 bits per heavy atom. The Morgan fingerprint density at radius 3 is 2.76 bits per heavy atom. The van der Waals surface area contributed by atoms with Gasteiger partial charge >= 0.3 is 0 Å². The molecular weight excluding hydrogens is 240 g/mol. The Balaban J connectivity index is 2.19. The van der Waals surface area contributed by atoms with Crippen LogP contribution >= 0.6 is 11.6 Å². The van der Waals surface area contributed by atoms with Gasteiger partial charge in [0.05, 0.1) is 6.61 Å². The number of hydrogen-bond acceptors (Lipinski definition) is 4. The van der Waals surface area contributed by atoms with Crippen molar-refractivity contribution in [2.45, 2.75) is 18.6 Å². The number of ether oxygens (including phenoxy) is 2. The van der Waals surface area contributed by atoms with E-state index >= 15 is 0 Å². The maximum Gasteiger partial charge on any atom is 0.260 e. The van der Waals surface area contributed by atoms with Gasteiger partial charge in [0, 0.05) is 5.02 Å². The normalized spacial score (nSPS) is 26.1. The Hall–Kier alpha value is -1.57. The number of halogens is 1. The minimum absolute atomic E-state index is 0.137. The molecule has 0 spiro atoms. The molecule has 1 saturated heterocycles. The molecule has 0 amide bonds. The third-order valence-electron chi connectivity index (χ3n) is 2.58. The second-order valence-corrected chi connectivity index (χ2v) is 4.10.